The Morgan fingerprint density at radius 2 is 2.13 bits per heavy atom. The third kappa shape index (κ3) is 3.16. The van der Waals surface area contributed by atoms with Crippen molar-refractivity contribution in [1.82, 2.24) is 10.1 Å². The highest BCUT2D eigenvalue weighted by Crippen LogP contribution is 2.42. The Morgan fingerprint density at radius 3 is 2.57 bits per heavy atom. The van der Waals surface area contributed by atoms with Crippen LogP contribution in [0, 0.1) is 5.92 Å². The number of β-amino-alcohol motifs (C(OH)–C–C–N with tert-alkyl or cyclic N) is 1. The van der Waals surface area contributed by atoms with Gasteiger partial charge in [0.2, 0.25) is 5.91 Å². The minimum atomic E-state index is -0.407. The van der Waals surface area contributed by atoms with Gasteiger partial charge in [0.1, 0.15) is 11.7 Å². The highest BCUT2D eigenvalue weighted by molar-refractivity contribution is 5.84. The maximum atomic E-state index is 13.1. The Kier molecular flexibility index (Phi) is 4.25. The lowest BCUT2D eigenvalue weighted by Gasteiger charge is -2.34. The molecule has 0 bridgehead atoms. The second-order valence-corrected chi connectivity index (χ2v) is 8.26. The summed E-state index contributed by atoms with van der Waals surface area (Å²) in [4.78, 5) is 14.9. The topological polar surface area (TPSA) is 66.6 Å². The number of carbonyl (C=O) groups excluding carboxylic acids is 1. The quantitative estimate of drug-likeness (QED) is 0.930. The molecular formula is C18H28N2O3. The molecule has 5 heteroatoms. The SMILES string of the molecule is CC1CC(O)CN1C(=O)C(c1cc(C(C)(C)C)no1)C1CCC1. The molecule has 0 aromatic carbocycles. The van der Waals surface area contributed by atoms with E-state index in [4.69, 9.17) is 4.52 Å². The van der Waals surface area contributed by atoms with Gasteiger partial charge in [-0.05, 0) is 32.1 Å². The third-order valence-corrected chi connectivity index (χ3v) is 5.33. The number of hydrogen-bond donors (Lipinski definition) is 1. The van der Waals surface area contributed by atoms with Gasteiger partial charge in [0.15, 0.2) is 0 Å². The number of aromatic nitrogens is 1. The monoisotopic (exact) mass is 320 g/mol. The van der Waals surface area contributed by atoms with Gasteiger partial charge in [-0.1, -0.05) is 32.3 Å². The second-order valence-electron chi connectivity index (χ2n) is 8.26. The first-order chi connectivity index (χ1) is 10.8. The Bertz CT molecular complexity index is 571. The van der Waals surface area contributed by atoms with E-state index in [0.717, 1.165) is 18.5 Å². The molecule has 1 aromatic heterocycles. The molecule has 1 amide bonds. The summed E-state index contributed by atoms with van der Waals surface area (Å²) in [5, 5.41) is 14.1. The van der Waals surface area contributed by atoms with Crippen molar-refractivity contribution < 1.29 is 14.4 Å². The molecule has 3 unspecified atom stereocenters. The van der Waals surface area contributed by atoms with Crippen LogP contribution in [0.15, 0.2) is 10.6 Å². The first kappa shape index (κ1) is 16.5. The van der Waals surface area contributed by atoms with Crippen molar-refractivity contribution in [3.05, 3.63) is 17.5 Å². The minimum absolute atomic E-state index is 0.0880. The predicted molar refractivity (Wildman–Crippen MR) is 87.1 cm³/mol. The number of nitrogens with zero attached hydrogens (tertiary/aromatic N) is 2. The van der Waals surface area contributed by atoms with E-state index in [9.17, 15) is 9.90 Å². The van der Waals surface area contributed by atoms with Gasteiger partial charge >= 0.3 is 0 Å². The number of amides is 1. The fourth-order valence-electron chi connectivity index (χ4n) is 3.61. The lowest BCUT2D eigenvalue weighted by atomic mass is 9.74. The summed E-state index contributed by atoms with van der Waals surface area (Å²) >= 11 is 0. The summed E-state index contributed by atoms with van der Waals surface area (Å²) in [7, 11) is 0. The second kappa shape index (κ2) is 5.93. The van der Waals surface area contributed by atoms with Gasteiger partial charge in [-0.3, -0.25) is 4.79 Å². The van der Waals surface area contributed by atoms with E-state index in [1.165, 1.54) is 6.42 Å². The molecular weight excluding hydrogens is 292 g/mol. The summed E-state index contributed by atoms with van der Waals surface area (Å²) < 4.78 is 5.59. The molecule has 1 saturated carbocycles. The van der Waals surface area contributed by atoms with E-state index < -0.39 is 6.10 Å². The fraction of sp³-hybridized carbons (Fsp3) is 0.778. The Labute approximate surface area is 138 Å². The van der Waals surface area contributed by atoms with Crippen molar-refractivity contribution in [3.63, 3.8) is 0 Å². The number of carbonyl (C=O) groups is 1. The smallest absolute Gasteiger partial charge is 0.234 e. The van der Waals surface area contributed by atoms with E-state index >= 15 is 0 Å². The highest BCUT2D eigenvalue weighted by atomic mass is 16.5. The molecule has 0 radical (unpaired) electrons. The molecule has 1 aliphatic carbocycles. The van der Waals surface area contributed by atoms with E-state index in [1.807, 2.05) is 17.9 Å². The van der Waals surface area contributed by atoms with E-state index in [2.05, 4.69) is 25.9 Å². The van der Waals surface area contributed by atoms with Crippen molar-refractivity contribution in [2.24, 2.45) is 5.92 Å². The van der Waals surface area contributed by atoms with Crippen LogP contribution in [0.2, 0.25) is 0 Å². The molecule has 1 aromatic rings. The van der Waals surface area contributed by atoms with Gasteiger partial charge in [0.25, 0.3) is 0 Å². The Hall–Kier alpha value is -1.36. The average Bonchev–Trinajstić information content (AvgIpc) is 2.99. The van der Waals surface area contributed by atoms with Crippen LogP contribution in [-0.2, 0) is 10.2 Å². The molecule has 1 saturated heterocycles. The largest absolute Gasteiger partial charge is 0.391 e. The maximum Gasteiger partial charge on any atom is 0.234 e. The first-order valence-electron chi connectivity index (χ1n) is 8.73. The zero-order valence-electron chi connectivity index (χ0n) is 14.6. The van der Waals surface area contributed by atoms with Crippen molar-refractivity contribution in [3.8, 4) is 0 Å². The third-order valence-electron chi connectivity index (χ3n) is 5.33. The predicted octanol–water partition coefficient (Wildman–Crippen LogP) is 2.84. The summed E-state index contributed by atoms with van der Waals surface area (Å²) in [5.41, 5.74) is 0.797. The van der Waals surface area contributed by atoms with Gasteiger partial charge in [0.05, 0.1) is 11.8 Å². The van der Waals surface area contributed by atoms with E-state index in [-0.39, 0.29) is 23.3 Å². The lowest BCUT2D eigenvalue weighted by Crippen LogP contribution is -2.41. The van der Waals surface area contributed by atoms with Crippen LogP contribution >= 0.6 is 0 Å². The highest BCUT2D eigenvalue weighted by Gasteiger charge is 2.42. The normalized spacial score (nSPS) is 27.1. The summed E-state index contributed by atoms with van der Waals surface area (Å²) in [5.74, 6) is 0.877. The fourth-order valence-corrected chi connectivity index (χ4v) is 3.61. The molecule has 3 atom stereocenters. The van der Waals surface area contributed by atoms with Crippen LogP contribution in [0.1, 0.15) is 70.8 Å². The van der Waals surface area contributed by atoms with Gasteiger partial charge in [-0.2, -0.15) is 0 Å². The van der Waals surface area contributed by atoms with Gasteiger partial charge in [-0.15, -0.1) is 0 Å². The molecule has 5 nitrogen and oxygen atoms in total. The van der Waals surface area contributed by atoms with Crippen LogP contribution in [0.4, 0.5) is 0 Å². The number of hydrogen-bond acceptors (Lipinski definition) is 4. The summed E-state index contributed by atoms with van der Waals surface area (Å²) in [6.45, 7) is 8.71. The molecule has 2 aliphatic rings. The molecule has 3 rings (SSSR count). The maximum absolute atomic E-state index is 13.1. The average molecular weight is 320 g/mol. The Morgan fingerprint density at radius 1 is 1.43 bits per heavy atom. The van der Waals surface area contributed by atoms with Crippen LogP contribution in [-0.4, -0.2) is 39.8 Å². The van der Waals surface area contributed by atoms with Gasteiger partial charge < -0.3 is 14.5 Å². The molecule has 1 N–H and O–H groups in total. The van der Waals surface area contributed by atoms with Crippen molar-refractivity contribution in [2.45, 2.75) is 76.9 Å². The zero-order valence-corrected chi connectivity index (χ0v) is 14.6. The molecule has 0 spiro atoms. The molecule has 23 heavy (non-hydrogen) atoms. The molecule has 2 fully saturated rings. The number of aliphatic hydroxyl groups excluding tert-OH is 1. The van der Waals surface area contributed by atoms with Crippen LogP contribution in [0.25, 0.3) is 0 Å². The molecule has 1 aliphatic heterocycles. The number of likely N-dealkylation sites (tertiary alicyclic amines) is 1. The van der Waals surface area contributed by atoms with Gasteiger partial charge in [-0.25, -0.2) is 0 Å². The number of rotatable bonds is 3. The van der Waals surface area contributed by atoms with Crippen molar-refractivity contribution >= 4 is 5.91 Å². The van der Waals surface area contributed by atoms with Crippen molar-refractivity contribution in [1.29, 1.82) is 0 Å². The standard InChI is InChI=1S/C18H28N2O3/c1-11-8-13(21)10-20(11)17(22)16(12-6-5-7-12)14-9-15(19-23-14)18(2,3)4/h9,11-13,16,21H,5-8,10H2,1-4H3. The van der Waals surface area contributed by atoms with Crippen LogP contribution in [0.5, 0.6) is 0 Å². The minimum Gasteiger partial charge on any atom is -0.391 e. The van der Waals surface area contributed by atoms with Gasteiger partial charge in [0, 0.05) is 24.1 Å². The first-order valence-corrected chi connectivity index (χ1v) is 8.73. The number of aliphatic hydroxyl groups is 1. The van der Waals surface area contributed by atoms with E-state index in [1.54, 1.807) is 0 Å². The molecule has 128 valence electrons. The summed E-state index contributed by atoms with van der Waals surface area (Å²) in [6, 6.07) is 2.04. The molecule has 2 heterocycles. The lowest BCUT2D eigenvalue weighted by molar-refractivity contribution is -0.136. The van der Waals surface area contributed by atoms with Crippen LogP contribution < -0.4 is 0 Å². The van der Waals surface area contributed by atoms with E-state index in [0.29, 0.717) is 24.6 Å². The van der Waals surface area contributed by atoms with Crippen LogP contribution in [0.3, 0.4) is 0 Å². The zero-order chi connectivity index (χ0) is 16.8. The Balaban J connectivity index is 1.86. The van der Waals surface area contributed by atoms with Crippen molar-refractivity contribution in [2.75, 3.05) is 6.54 Å². The summed E-state index contributed by atoms with van der Waals surface area (Å²) in [6.07, 6.45) is 3.55.